The monoisotopic (exact) mass is 348 g/mol. The van der Waals surface area contributed by atoms with E-state index < -0.39 is 17.7 Å². The molecule has 1 N–H and O–H groups in total. The summed E-state index contributed by atoms with van der Waals surface area (Å²) in [7, 11) is 1.60. The van der Waals surface area contributed by atoms with Gasteiger partial charge in [0.15, 0.2) is 11.6 Å². The van der Waals surface area contributed by atoms with E-state index in [1.807, 2.05) is 24.3 Å². The van der Waals surface area contributed by atoms with Crippen molar-refractivity contribution in [3.63, 3.8) is 0 Å². The van der Waals surface area contributed by atoms with E-state index in [9.17, 15) is 13.9 Å². The Morgan fingerprint density at radius 2 is 1.88 bits per heavy atom. The molecule has 3 rings (SSSR count). The molecule has 25 heavy (non-hydrogen) atoms. The number of hydrogen-bond donors (Lipinski definition) is 1. The minimum Gasteiger partial charge on any atom is -0.497 e. The summed E-state index contributed by atoms with van der Waals surface area (Å²) >= 11 is 0. The molecule has 0 amide bonds. The van der Waals surface area contributed by atoms with E-state index in [4.69, 9.17) is 9.47 Å². The molecule has 0 radical (unpaired) electrons. The molecule has 1 aromatic heterocycles. The number of fused-ring (bicyclic) bond motifs is 1. The largest absolute Gasteiger partial charge is 0.497 e. The average Bonchev–Trinajstić information content (AvgIpc) is 2.97. The summed E-state index contributed by atoms with van der Waals surface area (Å²) in [4.78, 5) is 4.01. The third-order valence-electron chi connectivity index (χ3n) is 3.81. The van der Waals surface area contributed by atoms with Crippen molar-refractivity contribution in [2.45, 2.75) is 19.3 Å². The van der Waals surface area contributed by atoms with Gasteiger partial charge in [-0.05, 0) is 17.7 Å². The molecule has 0 aliphatic heterocycles. The number of halogens is 2. The predicted molar refractivity (Wildman–Crippen MR) is 88.3 cm³/mol. The topological polar surface area (TPSA) is 56.5 Å². The molecule has 132 valence electrons. The van der Waals surface area contributed by atoms with Crippen LogP contribution in [0, 0.1) is 11.6 Å². The maximum absolute atomic E-state index is 13.4. The molecular formula is C18H18F2N2O3. The van der Waals surface area contributed by atoms with Crippen LogP contribution in [0.5, 0.6) is 5.75 Å². The van der Waals surface area contributed by atoms with Gasteiger partial charge in [-0.25, -0.2) is 13.8 Å². The fourth-order valence-corrected chi connectivity index (χ4v) is 2.51. The molecule has 5 nitrogen and oxygen atoms in total. The van der Waals surface area contributed by atoms with Crippen LogP contribution in [-0.2, 0) is 17.9 Å². The van der Waals surface area contributed by atoms with Gasteiger partial charge in [0, 0.05) is 12.1 Å². The van der Waals surface area contributed by atoms with Crippen LogP contribution in [-0.4, -0.2) is 34.5 Å². The maximum Gasteiger partial charge on any atom is 0.161 e. The number of rotatable bonds is 7. The number of ether oxygens (including phenoxy) is 2. The van der Waals surface area contributed by atoms with E-state index >= 15 is 0 Å². The van der Waals surface area contributed by atoms with Crippen molar-refractivity contribution in [3.8, 4) is 5.75 Å². The standard InChI is InChI=1S/C18H18F2N2O3/c1-24-14-4-2-12(3-5-14)9-25-10-13(23)8-22-11-21-17-6-15(19)16(20)7-18(17)22/h2-7,11,13,23H,8-10H2,1H3/t13-/m1/s1. The fraction of sp³-hybridized carbons (Fsp3) is 0.278. The van der Waals surface area contributed by atoms with Crippen LogP contribution in [0.1, 0.15) is 5.56 Å². The Hall–Kier alpha value is -2.51. The highest BCUT2D eigenvalue weighted by molar-refractivity contribution is 5.75. The third kappa shape index (κ3) is 4.12. The number of aliphatic hydroxyl groups excluding tert-OH is 1. The van der Waals surface area contributed by atoms with Gasteiger partial charge in [-0.2, -0.15) is 0 Å². The minimum atomic E-state index is -0.945. The van der Waals surface area contributed by atoms with Crippen molar-refractivity contribution < 1.29 is 23.4 Å². The van der Waals surface area contributed by atoms with E-state index in [0.717, 1.165) is 23.4 Å². The minimum absolute atomic E-state index is 0.107. The summed E-state index contributed by atoms with van der Waals surface area (Å²) in [6.07, 6.45) is 0.639. The zero-order valence-corrected chi connectivity index (χ0v) is 13.7. The summed E-state index contributed by atoms with van der Waals surface area (Å²) in [6.45, 7) is 0.630. The van der Waals surface area contributed by atoms with Crippen LogP contribution in [0.3, 0.4) is 0 Å². The quantitative estimate of drug-likeness (QED) is 0.713. The molecule has 0 saturated carbocycles. The molecule has 0 spiro atoms. The van der Waals surface area contributed by atoms with Crippen LogP contribution >= 0.6 is 0 Å². The van der Waals surface area contributed by atoms with Gasteiger partial charge in [0.05, 0.1) is 50.3 Å². The summed E-state index contributed by atoms with van der Waals surface area (Å²) < 4.78 is 38.7. The average molecular weight is 348 g/mol. The molecule has 0 aliphatic rings. The third-order valence-corrected chi connectivity index (χ3v) is 3.81. The van der Waals surface area contributed by atoms with Crippen molar-refractivity contribution in [3.05, 3.63) is 59.9 Å². The number of imidazole rings is 1. The number of aromatic nitrogens is 2. The van der Waals surface area contributed by atoms with Crippen molar-refractivity contribution in [1.29, 1.82) is 0 Å². The van der Waals surface area contributed by atoms with Gasteiger partial charge in [0.1, 0.15) is 5.75 Å². The van der Waals surface area contributed by atoms with E-state index in [1.54, 1.807) is 11.7 Å². The lowest BCUT2D eigenvalue weighted by Crippen LogP contribution is -2.21. The van der Waals surface area contributed by atoms with E-state index in [0.29, 0.717) is 17.6 Å². The summed E-state index contributed by atoms with van der Waals surface area (Å²) in [6, 6.07) is 9.54. The molecule has 1 atom stereocenters. The first-order valence-electron chi connectivity index (χ1n) is 7.75. The number of hydrogen-bond acceptors (Lipinski definition) is 4. The van der Waals surface area contributed by atoms with Crippen LogP contribution in [0.15, 0.2) is 42.7 Å². The number of nitrogens with zero attached hydrogens (tertiary/aromatic N) is 2. The Morgan fingerprint density at radius 1 is 1.16 bits per heavy atom. The van der Waals surface area contributed by atoms with E-state index in [1.165, 1.54) is 6.33 Å². The summed E-state index contributed by atoms with van der Waals surface area (Å²) in [5.74, 6) is -1.12. The Labute approximate surface area is 143 Å². The fourth-order valence-electron chi connectivity index (χ4n) is 2.51. The highest BCUT2D eigenvalue weighted by Crippen LogP contribution is 2.18. The van der Waals surface area contributed by atoms with Crippen molar-refractivity contribution in [1.82, 2.24) is 9.55 Å². The first-order chi connectivity index (χ1) is 12.1. The van der Waals surface area contributed by atoms with Gasteiger partial charge >= 0.3 is 0 Å². The van der Waals surface area contributed by atoms with Gasteiger partial charge in [-0.1, -0.05) is 12.1 Å². The second-order valence-corrected chi connectivity index (χ2v) is 5.67. The molecule has 7 heteroatoms. The molecule has 3 aromatic rings. The van der Waals surface area contributed by atoms with Gasteiger partial charge in [0.2, 0.25) is 0 Å². The van der Waals surface area contributed by atoms with Gasteiger partial charge in [-0.3, -0.25) is 0 Å². The molecular weight excluding hydrogens is 330 g/mol. The normalized spacial score (nSPS) is 12.5. The molecule has 0 fully saturated rings. The smallest absolute Gasteiger partial charge is 0.161 e. The SMILES string of the molecule is COc1ccc(COC[C@H](O)Cn2cnc3cc(F)c(F)cc32)cc1. The molecule has 0 saturated heterocycles. The first kappa shape index (κ1) is 17.3. The first-order valence-corrected chi connectivity index (χ1v) is 7.75. The van der Waals surface area contributed by atoms with Crippen LogP contribution < -0.4 is 4.74 Å². The van der Waals surface area contributed by atoms with Gasteiger partial charge in [-0.15, -0.1) is 0 Å². The molecule has 0 unspecified atom stereocenters. The highest BCUT2D eigenvalue weighted by Gasteiger charge is 2.12. The molecule has 2 aromatic carbocycles. The maximum atomic E-state index is 13.4. The Bertz CT molecular complexity index is 849. The van der Waals surface area contributed by atoms with Crippen LogP contribution in [0.25, 0.3) is 11.0 Å². The van der Waals surface area contributed by atoms with Crippen LogP contribution in [0.2, 0.25) is 0 Å². The highest BCUT2D eigenvalue weighted by atomic mass is 19.2. The zero-order chi connectivity index (χ0) is 17.8. The lowest BCUT2D eigenvalue weighted by Gasteiger charge is -2.13. The Morgan fingerprint density at radius 3 is 2.60 bits per heavy atom. The van der Waals surface area contributed by atoms with Gasteiger partial charge < -0.3 is 19.1 Å². The summed E-state index contributed by atoms with van der Waals surface area (Å²) in [5, 5.41) is 10.1. The second-order valence-electron chi connectivity index (χ2n) is 5.67. The van der Waals surface area contributed by atoms with Crippen molar-refractivity contribution in [2.24, 2.45) is 0 Å². The molecule has 1 heterocycles. The summed E-state index contributed by atoms with van der Waals surface area (Å²) in [5.41, 5.74) is 1.72. The predicted octanol–water partition coefficient (Wildman–Crippen LogP) is 2.90. The lowest BCUT2D eigenvalue weighted by molar-refractivity contribution is 0.0208. The lowest BCUT2D eigenvalue weighted by atomic mass is 10.2. The van der Waals surface area contributed by atoms with Crippen LogP contribution in [0.4, 0.5) is 8.78 Å². The Balaban J connectivity index is 1.55. The van der Waals surface area contributed by atoms with E-state index in [2.05, 4.69) is 4.98 Å². The second kappa shape index (κ2) is 7.58. The number of methoxy groups -OCH3 is 1. The number of benzene rings is 2. The zero-order valence-electron chi connectivity index (χ0n) is 13.7. The van der Waals surface area contributed by atoms with Gasteiger partial charge in [0.25, 0.3) is 0 Å². The molecule has 0 bridgehead atoms. The Kier molecular flexibility index (Phi) is 5.25. The van der Waals surface area contributed by atoms with Crippen molar-refractivity contribution >= 4 is 11.0 Å². The van der Waals surface area contributed by atoms with E-state index in [-0.39, 0.29) is 13.2 Å². The molecule has 0 aliphatic carbocycles. The number of aliphatic hydroxyl groups is 1. The van der Waals surface area contributed by atoms with Crippen molar-refractivity contribution in [2.75, 3.05) is 13.7 Å².